The number of hydrogen-bond acceptors (Lipinski definition) is 2. The third-order valence-corrected chi connectivity index (χ3v) is 4.38. The van der Waals surface area contributed by atoms with Gasteiger partial charge in [0, 0.05) is 27.7 Å². The number of benzene rings is 2. The molecule has 0 aliphatic rings. The molecule has 0 aromatic heterocycles. The van der Waals surface area contributed by atoms with Crippen molar-refractivity contribution in [3.63, 3.8) is 0 Å². The fraction of sp³-hybridized carbons (Fsp3) is 0.200. The molecular weight excluding hydrogens is 368 g/mol. The van der Waals surface area contributed by atoms with E-state index in [1.165, 1.54) is 11.1 Å². The van der Waals surface area contributed by atoms with Crippen LogP contribution in [0.15, 0.2) is 51.4 Å². The number of nitrogens with two attached hydrogens (primary N) is 1. The molecule has 4 heteroatoms. The highest BCUT2D eigenvalue weighted by Gasteiger charge is 2.05. The predicted molar refractivity (Wildman–Crippen MR) is 87.9 cm³/mol. The number of hydrogen-bond donors (Lipinski definition) is 1. The van der Waals surface area contributed by atoms with Crippen LogP contribution in [0.25, 0.3) is 0 Å². The Morgan fingerprint density at radius 1 is 1.00 bits per heavy atom. The Bertz CT molecular complexity index is 570. The van der Waals surface area contributed by atoms with E-state index < -0.39 is 0 Å². The maximum atomic E-state index is 5.80. The third kappa shape index (κ3) is 4.06. The van der Waals surface area contributed by atoms with E-state index >= 15 is 0 Å². The molecule has 2 rings (SSSR count). The quantitative estimate of drug-likeness (QED) is 0.791. The van der Waals surface area contributed by atoms with Crippen molar-refractivity contribution >= 4 is 37.5 Å². The molecule has 2 aromatic carbocycles. The van der Waals surface area contributed by atoms with Crippen LogP contribution in [0.2, 0.25) is 0 Å². The van der Waals surface area contributed by atoms with E-state index in [0.29, 0.717) is 0 Å². The van der Waals surface area contributed by atoms with Crippen LogP contribution in [-0.2, 0) is 13.1 Å². The fourth-order valence-corrected chi connectivity index (χ4v) is 2.79. The lowest BCUT2D eigenvalue weighted by molar-refractivity contribution is 0.318. The molecule has 0 atom stereocenters. The molecule has 2 aromatic rings. The van der Waals surface area contributed by atoms with Crippen LogP contribution in [0, 0.1) is 0 Å². The summed E-state index contributed by atoms with van der Waals surface area (Å²) in [6.07, 6.45) is 0. The molecule has 100 valence electrons. The van der Waals surface area contributed by atoms with Gasteiger partial charge in [0.15, 0.2) is 0 Å². The predicted octanol–water partition coefficient (Wildman–Crippen LogP) is 4.43. The zero-order chi connectivity index (χ0) is 13.8. The van der Waals surface area contributed by atoms with Crippen LogP contribution in [-0.4, -0.2) is 11.9 Å². The first-order valence-corrected chi connectivity index (χ1v) is 7.60. The summed E-state index contributed by atoms with van der Waals surface area (Å²) in [5, 5.41) is 0. The Morgan fingerprint density at radius 3 is 2.42 bits per heavy atom. The maximum Gasteiger partial charge on any atom is 0.0458 e. The Labute approximate surface area is 130 Å². The second-order valence-electron chi connectivity index (χ2n) is 4.62. The van der Waals surface area contributed by atoms with Gasteiger partial charge in [-0.2, -0.15) is 0 Å². The molecule has 0 saturated heterocycles. The zero-order valence-corrected chi connectivity index (χ0v) is 13.9. The number of anilines is 1. The van der Waals surface area contributed by atoms with Crippen LogP contribution in [0.1, 0.15) is 11.1 Å². The van der Waals surface area contributed by atoms with E-state index in [1.807, 2.05) is 12.1 Å². The number of rotatable bonds is 4. The van der Waals surface area contributed by atoms with E-state index in [2.05, 4.69) is 74.1 Å². The SMILES string of the molecule is CN(Cc1ccc(N)c(Br)c1)Cc1ccccc1Br. The summed E-state index contributed by atoms with van der Waals surface area (Å²) >= 11 is 7.04. The summed E-state index contributed by atoms with van der Waals surface area (Å²) in [6.45, 7) is 1.80. The molecular formula is C15H16Br2N2. The Balaban J connectivity index is 2.03. The normalized spacial score (nSPS) is 10.9. The molecule has 0 aliphatic carbocycles. The van der Waals surface area contributed by atoms with Gasteiger partial charge in [0.25, 0.3) is 0 Å². The summed E-state index contributed by atoms with van der Waals surface area (Å²) in [7, 11) is 2.11. The van der Waals surface area contributed by atoms with Gasteiger partial charge < -0.3 is 5.73 Å². The molecule has 0 fully saturated rings. The summed E-state index contributed by atoms with van der Waals surface area (Å²) < 4.78 is 2.11. The van der Waals surface area contributed by atoms with Gasteiger partial charge in [-0.05, 0) is 52.3 Å². The van der Waals surface area contributed by atoms with Crippen molar-refractivity contribution in [2.24, 2.45) is 0 Å². The van der Waals surface area contributed by atoms with Crippen LogP contribution in [0.3, 0.4) is 0 Å². The smallest absolute Gasteiger partial charge is 0.0458 e. The van der Waals surface area contributed by atoms with E-state index in [-0.39, 0.29) is 0 Å². The highest BCUT2D eigenvalue weighted by atomic mass is 79.9. The van der Waals surface area contributed by atoms with E-state index in [1.54, 1.807) is 0 Å². The third-order valence-electron chi connectivity index (χ3n) is 2.92. The number of nitrogens with zero attached hydrogens (tertiary/aromatic N) is 1. The zero-order valence-electron chi connectivity index (χ0n) is 10.7. The van der Waals surface area contributed by atoms with Crippen molar-refractivity contribution < 1.29 is 0 Å². The molecule has 2 nitrogen and oxygen atoms in total. The monoisotopic (exact) mass is 382 g/mol. The minimum absolute atomic E-state index is 0.775. The van der Waals surface area contributed by atoms with Crippen molar-refractivity contribution in [1.29, 1.82) is 0 Å². The lowest BCUT2D eigenvalue weighted by Gasteiger charge is -2.18. The van der Waals surface area contributed by atoms with Crippen LogP contribution < -0.4 is 5.73 Å². The molecule has 0 unspecified atom stereocenters. The Kier molecular flexibility index (Phi) is 5.02. The van der Waals surface area contributed by atoms with Gasteiger partial charge in [-0.1, -0.05) is 40.2 Å². The maximum absolute atomic E-state index is 5.80. The van der Waals surface area contributed by atoms with Gasteiger partial charge in [-0.25, -0.2) is 0 Å². The molecule has 0 spiro atoms. The Hall–Kier alpha value is -0.840. The van der Waals surface area contributed by atoms with Crippen LogP contribution >= 0.6 is 31.9 Å². The molecule has 0 bridgehead atoms. The molecule has 0 heterocycles. The fourth-order valence-electron chi connectivity index (χ4n) is 1.95. The molecule has 2 N–H and O–H groups in total. The van der Waals surface area contributed by atoms with E-state index in [4.69, 9.17) is 5.73 Å². The molecule has 0 radical (unpaired) electrons. The largest absolute Gasteiger partial charge is 0.398 e. The van der Waals surface area contributed by atoms with Crippen LogP contribution in [0.4, 0.5) is 5.69 Å². The lowest BCUT2D eigenvalue weighted by Crippen LogP contribution is -2.17. The molecule has 0 aliphatic heterocycles. The minimum atomic E-state index is 0.775. The van der Waals surface area contributed by atoms with Crippen molar-refractivity contribution in [2.45, 2.75) is 13.1 Å². The number of nitrogen functional groups attached to an aromatic ring is 1. The van der Waals surface area contributed by atoms with Crippen molar-refractivity contribution in [3.05, 3.63) is 62.5 Å². The van der Waals surface area contributed by atoms with Gasteiger partial charge in [0.05, 0.1) is 0 Å². The molecule has 0 saturated carbocycles. The van der Waals surface area contributed by atoms with Gasteiger partial charge in [0.1, 0.15) is 0 Å². The lowest BCUT2D eigenvalue weighted by atomic mass is 10.1. The van der Waals surface area contributed by atoms with Gasteiger partial charge in [0.2, 0.25) is 0 Å². The summed E-state index contributed by atoms with van der Waals surface area (Å²) in [5.74, 6) is 0. The standard InChI is InChI=1S/C15H16Br2N2/c1-19(10-12-4-2-3-5-13(12)16)9-11-6-7-15(18)14(17)8-11/h2-8H,9-10,18H2,1H3. The van der Waals surface area contributed by atoms with Crippen molar-refractivity contribution in [1.82, 2.24) is 4.90 Å². The minimum Gasteiger partial charge on any atom is -0.398 e. The first kappa shape index (κ1) is 14.6. The highest BCUT2D eigenvalue weighted by molar-refractivity contribution is 9.10. The summed E-state index contributed by atoms with van der Waals surface area (Å²) in [6, 6.07) is 14.4. The second kappa shape index (κ2) is 6.55. The average molecular weight is 384 g/mol. The number of halogens is 2. The van der Waals surface area contributed by atoms with Gasteiger partial charge in [-0.15, -0.1) is 0 Å². The first-order valence-electron chi connectivity index (χ1n) is 6.02. The van der Waals surface area contributed by atoms with Crippen molar-refractivity contribution in [2.75, 3.05) is 12.8 Å². The topological polar surface area (TPSA) is 29.3 Å². The Morgan fingerprint density at radius 2 is 1.74 bits per heavy atom. The second-order valence-corrected chi connectivity index (χ2v) is 6.33. The van der Waals surface area contributed by atoms with E-state index in [0.717, 1.165) is 27.7 Å². The van der Waals surface area contributed by atoms with E-state index in [9.17, 15) is 0 Å². The van der Waals surface area contributed by atoms with Crippen LogP contribution in [0.5, 0.6) is 0 Å². The highest BCUT2D eigenvalue weighted by Crippen LogP contribution is 2.22. The van der Waals surface area contributed by atoms with Gasteiger partial charge >= 0.3 is 0 Å². The van der Waals surface area contributed by atoms with Gasteiger partial charge in [-0.3, -0.25) is 4.90 Å². The average Bonchev–Trinajstić information content (AvgIpc) is 2.37. The summed E-state index contributed by atoms with van der Waals surface area (Å²) in [4.78, 5) is 2.28. The molecule has 0 amide bonds. The summed E-state index contributed by atoms with van der Waals surface area (Å²) in [5.41, 5.74) is 9.11. The first-order chi connectivity index (χ1) is 9.06. The van der Waals surface area contributed by atoms with Crippen molar-refractivity contribution in [3.8, 4) is 0 Å². The molecule has 19 heavy (non-hydrogen) atoms.